The molecule has 0 aliphatic carbocycles. The number of carbonyl (C=O) groups excluding carboxylic acids is 1. The van der Waals surface area contributed by atoms with E-state index >= 15 is 0 Å². The second kappa shape index (κ2) is 3.76. The molecule has 1 aromatic rings. The van der Waals surface area contributed by atoms with E-state index in [1.54, 1.807) is 18.2 Å². The van der Waals surface area contributed by atoms with E-state index < -0.39 is 7.04 Å². The Morgan fingerprint density at radius 1 is 1.58 bits per heavy atom. The summed E-state index contributed by atoms with van der Waals surface area (Å²) in [5.41, 5.74) is 0.348. The first-order chi connectivity index (χ1) is 6.88. The molecule has 1 aromatic carbocycles. The second-order valence-electron chi connectivity index (χ2n) is 2.28. The predicted octanol–water partition coefficient (Wildman–Crippen LogP) is 1.65. The zero-order chi connectivity index (χ0) is 11.5. The number of carbonyl (C=O) groups is 1. The van der Waals surface area contributed by atoms with Gasteiger partial charge in [-0.15, -0.1) is 0 Å². The molecule has 0 unspecified atom stereocenters. The van der Waals surface area contributed by atoms with Crippen LogP contribution in [0, 0.1) is 0 Å². The van der Waals surface area contributed by atoms with Gasteiger partial charge in [0.25, 0.3) is 0 Å². The number of anilines is 1. The Hall–Kier alpha value is -1.51. The lowest BCUT2D eigenvalue weighted by Gasteiger charge is -2.07. The molecule has 0 saturated carbocycles. The van der Waals surface area contributed by atoms with Gasteiger partial charge in [0, 0.05) is 6.92 Å². The minimum atomic E-state index is -2.52. The maximum Gasteiger partial charge on any atom is 0.221 e. The molecular weight excluding hydrogens is 154 g/mol. The molecular formula is C9H11NO2. The second-order valence-corrected chi connectivity index (χ2v) is 2.28. The Labute approximate surface area is 75.6 Å². The van der Waals surface area contributed by atoms with Crippen molar-refractivity contribution in [3.05, 3.63) is 24.3 Å². The maximum absolute atomic E-state index is 10.8. The molecule has 0 aliphatic rings. The van der Waals surface area contributed by atoms with Crippen molar-refractivity contribution in [3.63, 3.8) is 0 Å². The summed E-state index contributed by atoms with van der Waals surface area (Å²) in [5.74, 6) is -0.149. The highest BCUT2D eigenvalue weighted by Crippen LogP contribution is 2.22. The van der Waals surface area contributed by atoms with Crippen molar-refractivity contribution in [1.29, 1.82) is 0 Å². The number of rotatable bonds is 2. The standard InChI is InChI=1S/C9H11NO2/c1-7(11)10-8-5-3-4-6-9(8)12-2/h3-6H,1-2H3,(H,10,11)/i2D3. The summed E-state index contributed by atoms with van der Waals surface area (Å²) in [6, 6.07) is 6.37. The molecule has 0 atom stereocenters. The molecule has 0 heterocycles. The molecule has 0 saturated heterocycles. The van der Waals surface area contributed by atoms with Gasteiger partial charge in [-0.25, -0.2) is 0 Å². The van der Waals surface area contributed by atoms with Gasteiger partial charge < -0.3 is 10.1 Å². The Kier molecular flexibility index (Phi) is 1.63. The molecule has 0 spiro atoms. The first-order valence-electron chi connectivity index (χ1n) is 4.94. The molecule has 0 radical (unpaired) electrons. The van der Waals surface area contributed by atoms with Crippen LogP contribution in [0.25, 0.3) is 0 Å². The Morgan fingerprint density at radius 3 is 3.00 bits per heavy atom. The molecule has 3 nitrogen and oxygen atoms in total. The van der Waals surface area contributed by atoms with E-state index in [4.69, 9.17) is 8.85 Å². The first kappa shape index (κ1) is 5.19. The van der Waals surface area contributed by atoms with Crippen molar-refractivity contribution in [3.8, 4) is 5.75 Å². The predicted molar refractivity (Wildman–Crippen MR) is 47.3 cm³/mol. The summed E-state index contributed by atoms with van der Waals surface area (Å²) in [7, 11) is -2.52. The molecule has 0 fully saturated rings. The van der Waals surface area contributed by atoms with Gasteiger partial charge in [0.1, 0.15) is 5.75 Å². The highest BCUT2D eigenvalue weighted by Gasteiger charge is 2.01. The molecule has 64 valence electrons. The number of para-hydroxylation sites is 2. The zero-order valence-electron chi connectivity index (χ0n) is 9.63. The number of benzene rings is 1. The van der Waals surface area contributed by atoms with Gasteiger partial charge in [0.15, 0.2) is 0 Å². The normalized spacial score (nSPS) is 13.9. The summed E-state index contributed by atoms with van der Waals surface area (Å²) < 4.78 is 25.6. The lowest BCUT2D eigenvalue weighted by molar-refractivity contribution is -0.114. The summed E-state index contributed by atoms with van der Waals surface area (Å²) >= 11 is 0. The molecule has 0 aliphatic heterocycles. The molecule has 12 heavy (non-hydrogen) atoms. The van der Waals surface area contributed by atoms with Crippen molar-refractivity contribution in [1.82, 2.24) is 0 Å². The van der Waals surface area contributed by atoms with Crippen LogP contribution < -0.4 is 10.1 Å². The van der Waals surface area contributed by atoms with E-state index in [-0.39, 0.29) is 11.7 Å². The molecule has 1 N–H and O–H groups in total. The monoisotopic (exact) mass is 168 g/mol. The lowest BCUT2D eigenvalue weighted by atomic mass is 10.3. The first-order valence-corrected chi connectivity index (χ1v) is 3.44. The number of hydrogen-bond acceptors (Lipinski definition) is 2. The van der Waals surface area contributed by atoms with Crippen LogP contribution in [0.2, 0.25) is 0 Å². The third-order valence-corrected chi connectivity index (χ3v) is 1.31. The van der Waals surface area contributed by atoms with Crippen molar-refractivity contribution in [2.75, 3.05) is 12.4 Å². The number of methoxy groups -OCH3 is 1. The van der Waals surface area contributed by atoms with Crippen molar-refractivity contribution < 1.29 is 13.6 Å². The minimum absolute atomic E-state index is 0.132. The average molecular weight is 168 g/mol. The zero-order valence-corrected chi connectivity index (χ0v) is 6.63. The fourth-order valence-corrected chi connectivity index (χ4v) is 0.849. The Balaban J connectivity index is 2.91. The van der Waals surface area contributed by atoms with Gasteiger partial charge in [0.2, 0.25) is 5.91 Å². The van der Waals surface area contributed by atoms with Crippen molar-refractivity contribution >= 4 is 11.6 Å². The van der Waals surface area contributed by atoms with Crippen LogP contribution in [-0.2, 0) is 4.79 Å². The average Bonchev–Trinajstić information content (AvgIpc) is 2.05. The number of ether oxygens (including phenoxy) is 1. The highest BCUT2D eigenvalue weighted by molar-refractivity contribution is 5.90. The van der Waals surface area contributed by atoms with E-state index in [0.717, 1.165) is 0 Å². The fourth-order valence-electron chi connectivity index (χ4n) is 0.849. The largest absolute Gasteiger partial charge is 0.495 e. The van der Waals surface area contributed by atoms with Crippen LogP contribution >= 0.6 is 0 Å². The van der Waals surface area contributed by atoms with E-state index in [2.05, 4.69) is 5.32 Å². The fraction of sp³-hybridized carbons (Fsp3) is 0.222. The van der Waals surface area contributed by atoms with Crippen LogP contribution in [0.3, 0.4) is 0 Å². The summed E-state index contributed by atoms with van der Waals surface area (Å²) in [6.07, 6.45) is 0. The number of nitrogens with one attached hydrogen (secondary N) is 1. The van der Waals surface area contributed by atoms with Gasteiger partial charge in [-0.05, 0) is 12.1 Å². The minimum Gasteiger partial charge on any atom is -0.495 e. The summed E-state index contributed by atoms with van der Waals surface area (Å²) in [6.45, 7) is 1.34. The van der Waals surface area contributed by atoms with E-state index in [9.17, 15) is 4.79 Å². The van der Waals surface area contributed by atoms with Crippen molar-refractivity contribution in [2.45, 2.75) is 6.92 Å². The highest BCUT2D eigenvalue weighted by atomic mass is 16.5. The number of amides is 1. The molecule has 3 heteroatoms. The Bertz CT molecular complexity index is 363. The van der Waals surface area contributed by atoms with E-state index in [0.29, 0.717) is 5.69 Å². The van der Waals surface area contributed by atoms with E-state index in [1.807, 2.05) is 0 Å². The molecule has 1 amide bonds. The molecule has 0 bridgehead atoms. The van der Waals surface area contributed by atoms with Crippen LogP contribution in [-0.4, -0.2) is 12.9 Å². The lowest BCUT2D eigenvalue weighted by Crippen LogP contribution is -2.06. The van der Waals surface area contributed by atoms with Gasteiger partial charge >= 0.3 is 0 Å². The quantitative estimate of drug-likeness (QED) is 0.729. The SMILES string of the molecule is [2H]C([2H])([2H])Oc1ccccc1NC(C)=O. The van der Waals surface area contributed by atoms with Crippen LogP contribution in [0.1, 0.15) is 11.0 Å². The molecule has 0 aromatic heterocycles. The third-order valence-electron chi connectivity index (χ3n) is 1.31. The van der Waals surface area contributed by atoms with E-state index in [1.165, 1.54) is 13.0 Å². The van der Waals surface area contributed by atoms with Crippen molar-refractivity contribution in [2.24, 2.45) is 0 Å². The smallest absolute Gasteiger partial charge is 0.221 e. The van der Waals surface area contributed by atoms with Crippen LogP contribution in [0.5, 0.6) is 5.75 Å². The van der Waals surface area contributed by atoms with Gasteiger partial charge in [-0.3, -0.25) is 4.79 Å². The Morgan fingerprint density at radius 2 is 2.33 bits per heavy atom. The maximum atomic E-state index is 10.8. The third kappa shape index (κ3) is 1.99. The number of hydrogen-bond donors (Lipinski definition) is 1. The molecule has 1 rings (SSSR count). The van der Waals surface area contributed by atoms with Gasteiger partial charge in [-0.1, -0.05) is 12.1 Å². The van der Waals surface area contributed by atoms with Gasteiger partial charge in [0.05, 0.1) is 16.8 Å². The topological polar surface area (TPSA) is 38.3 Å². The summed E-state index contributed by atoms with van der Waals surface area (Å²) in [5, 5.41) is 2.48. The van der Waals surface area contributed by atoms with Gasteiger partial charge in [-0.2, -0.15) is 0 Å². The van der Waals surface area contributed by atoms with Crippen LogP contribution in [0.4, 0.5) is 5.69 Å². The van der Waals surface area contributed by atoms with Crippen LogP contribution in [0.15, 0.2) is 24.3 Å². The summed E-state index contributed by atoms with van der Waals surface area (Å²) in [4.78, 5) is 10.8.